The molecule has 0 aliphatic carbocycles. The van der Waals surface area contributed by atoms with Gasteiger partial charge >= 0.3 is 5.97 Å². The van der Waals surface area contributed by atoms with E-state index in [9.17, 15) is 13.2 Å². The Bertz CT molecular complexity index is 564. The lowest BCUT2D eigenvalue weighted by Gasteiger charge is -2.09. The molecule has 0 fully saturated rings. The molecule has 0 atom stereocenters. The molecule has 0 amide bonds. The van der Waals surface area contributed by atoms with Crippen molar-refractivity contribution < 1.29 is 18.3 Å². The van der Waals surface area contributed by atoms with Gasteiger partial charge in [0.05, 0.1) is 0 Å². The molecule has 1 aromatic rings. The Kier molecular flexibility index (Phi) is 6.09. The van der Waals surface area contributed by atoms with Crippen LogP contribution in [0.5, 0.6) is 0 Å². The van der Waals surface area contributed by atoms with Crippen LogP contribution in [0, 0.1) is 0 Å². The van der Waals surface area contributed by atoms with Gasteiger partial charge in [-0.15, -0.1) is 0 Å². The molecule has 0 aromatic carbocycles. The first-order valence-electron chi connectivity index (χ1n) is 6.23. The minimum absolute atomic E-state index is 0.00671. The van der Waals surface area contributed by atoms with E-state index in [0.717, 1.165) is 12.2 Å². The van der Waals surface area contributed by atoms with Crippen LogP contribution in [0.2, 0.25) is 0 Å². The predicted molar refractivity (Wildman–Crippen MR) is 80.0 cm³/mol. The van der Waals surface area contributed by atoms with Crippen molar-refractivity contribution in [1.29, 1.82) is 0 Å². The van der Waals surface area contributed by atoms with Gasteiger partial charge in [0.1, 0.15) is 10.6 Å². The molecular formula is C12H20N2O4S2. The standard InChI is InChI=1S/C12H20N2O4S2/c1-9(2)14-8-10(7-11(14)12(15)16)20(17,18)13-5-4-6-19-3/h7-9,13H,4-6H2,1-3H3,(H,15,16). The van der Waals surface area contributed by atoms with Gasteiger partial charge in [-0.1, -0.05) is 0 Å². The number of sulfonamides is 1. The maximum absolute atomic E-state index is 12.1. The van der Waals surface area contributed by atoms with E-state index in [0.29, 0.717) is 6.54 Å². The third-order valence-corrected chi connectivity index (χ3v) is 4.85. The smallest absolute Gasteiger partial charge is 0.352 e. The molecule has 0 bridgehead atoms. The Balaban J connectivity index is 2.95. The first-order valence-corrected chi connectivity index (χ1v) is 9.11. The zero-order valence-corrected chi connectivity index (χ0v) is 13.4. The highest BCUT2D eigenvalue weighted by atomic mass is 32.2. The number of carboxylic acid groups (broad SMARTS) is 1. The Hall–Kier alpha value is -0.990. The Morgan fingerprint density at radius 3 is 2.60 bits per heavy atom. The average Bonchev–Trinajstić information content (AvgIpc) is 2.80. The number of aromatic carboxylic acids is 1. The second-order valence-electron chi connectivity index (χ2n) is 4.61. The van der Waals surface area contributed by atoms with E-state index in [4.69, 9.17) is 5.11 Å². The van der Waals surface area contributed by atoms with Crippen molar-refractivity contribution in [2.24, 2.45) is 0 Å². The van der Waals surface area contributed by atoms with Crippen LogP contribution in [0.4, 0.5) is 0 Å². The van der Waals surface area contributed by atoms with Gasteiger partial charge in [-0.25, -0.2) is 17.9 Å². The Morgan fingerprint density at radius 2 is 2.15 bits per heavy atom. The zero-order chi connectivity index (χ0) is 15.3. The van der Waals surface area contributed by atoms with Gasteiger partial charge < -0.3 is 9.67 Å². The van der Waals surface area contributed by atoms with Gasteiger partial charge in [0, 0.05) is 18.8 Å². The van der Waals surface area contributed by atoms with Gasteiger partial charge in [0.15, 0.2) is 0 Å². The molecular weight excluding hydrogens is 300 g/mol. The van der Waals surface area contributed by atoms with Crippen molar-refractivity contribution in [1.82, 2.24) is 9.29 Å². The van der Waals surface area contributed by atoms with Crippen molar-refractivity contribution in [3.05, 3.63) is 18.0 Å². The second-order valence-corrected chi connectivity index (χ2v) is 7.36. The maximum Gasteiger partial charge on any atom is 0.352 e. The van der Waals surface area contributed by atoms with E-state index in [1.807, 2.05) is 6.26 Å². The number of aromatic nitrogens is 1. The SMILES string of the molecule is CSCCCNS(=O)(=O)c1cc(C(=O)O)n(C(C)C)c1. The summed E-state index contributed by atoms with van der Waals surface area (Å²) in [6, 6.07) is 1.07. The number of carbonyl (C=O) groups is 1. The van der Waals surface area contributed by atoms with E-state index in [1.54, 1.807) is 25.6 Å². The monoisotopic (exact) mass is 320 g/mol. The molecule has 6 nitrogen and oxygen atoms in total. The average molecular weight is 320 g/mol. The highest BCUT2D eigenvalue weighted by Crippen LogP contribution is 2.19. The van der Waals surface area contributed by atoms with E-state index in [-0.39, 0.29) is 16.6 Å². The number of rotatable bonds is 8. The quantitative estimate of drug-likeness (QED) is 0.713. The lowest BCUT2D eigenvalue weighted by atomic mass is 10.3. The van der Waals surface area contributed by atoms with E-state index >= 15 is 0 Å². The van der Waals surface area contributed by atoms with Gasteiger partial charge in [-0.3, -0.25) is 0 Å². The predicted octanol–water partition coefficient (Wildman–Crippen LogP) is 1.80. The number of nitrogens with zero attached hydrogens (tertiary/aromatic N) is 1. The van der Waals surface area contributed by atoms with E-state index < -0.39 is 16.0 Å². The molecule has 0 saturated heterocycles. The van der Waals surface area contributed by atoms with Crippen molar-refractivity contribution in [2.45, 2.75) is 31.2 Å². The van der Waals surface area contributed by atoms with E-state index in [2.05, 4.69) is 4.72 Å². The molecule has 0 aliphatic rings. The number of hydrogen-bond donors (Lipinski definition) is 2. The fourth-order valence-electron chi connectivity index (χ4n) is 1.71. The fourth-order valence-corrected chi connectivity index (χ4v) is 3.24. The van der Waals surface area contributed by atoms with Crippen molar-refractivity contribution >= 4 is 27.8 Å². The van der Waals surface area contributed by atoms with Gasteiger partial charge in [0.25, 0.3) is 0 Å². The lowest BCUT2D eigenvalue weighted by Crippen LogP contribution is -2.24. The number of carboxylic acids is 1. The maximum atomic E-state index is 12.1. The summed E-state index contributed by atoms with van der Waals surface area (Å²) in [6.07, 6.45) is 4.05. The van der Waals surface area contributed by atoms with Gasteiger partial charge in [-0.05, 0) is 38.3 Å². The summed E-state index contributed by atoms with van der Waals surface area (Å²) in [5.74, 6) is -0.266. The molecule has 0 spiro atoms. The van der Waals surface area contributed by atoms with Crippen molar-refractivity contribution in [3.63, 3.8) is 0 Å². The molecule has 2 N–H and O–H groups in total. The normalized spacial score (nSPS) is 12.0. The molecule has 0 radical (unpaired) electrons. The molecule has 0 aliphatic heterocycles. The summed E-state index contributed by atoms with van der Waals surface area (Å²) in [5, 5.41) is 9.10. The van der Waals surface area contributed by atoms with Crippen molar-refractivity contribution in [3.8, 4) is 0 Å². The fraction of sp³-hybridized carbons (Fsp3) is 0.583. The lowest BCUT2D eigenvalue weighted by molar-refractivity contribution is 0.0683. The van der Waals surface area contributed by atoms with Crippen LogP contribution in [-0.2, 0) is 10.0 Å². The minimum atomic E-state index is -3.65. The van der Waals surface area contributed by atoms with Crippen LogP contribution in [-0.4, -0.2) is 42.6 Å². The van der Waals surface area contributed by atoms with Crippen LogP contribution in [0.1, 0.15) is 36.8 Å². The Morgan fingerprint density at radius 1 is 1.50 bits per heavy atom. The molecule has 1 aromatic heterocycles. The molecule has 0 unspecified atom stereocenters. The summed E-state index contributed by atoms with van der Waals surface area (Å²) in [7, 11) is -3.65. The first kappa shape index (κ1) is 17.1. The zero-order valence-electron chi connectivity index (χ0n) is 11.8. The summed E-state index contributed by atoms with van der Waals surface area (Å²) >= 11 is 1.65. The summed E-state index contributed by atoms with van der Waals surface area (Å²) < 4.78 is 28.1. The third-order valence-electron chi connectivity index (χ3n) is 2.73. The molecule has 20 heavy (non-hydrogen) atoms. The Labute approximate surface area is 123 Å². The van der Waals surface area contributed by atoms with Crippen LogP contribution in [0.15, 0.2) is 17.2 Å². The van der Waals surface area contributed by atoms with Gasteiger partial charge in [-0.2, -0.15) is 11.8 Å². The third kappa shape index (κ3) is 4.26. The number of nitrogens with one attached hydrogen (secondary N) is 1. The molecule has 8 heteroatoms. The minimum Gasteiger partial charge on any atom is -0.477 e. The van der Waals surface area contributed by atoms with Crippen LogP contribution >= 0.6 is 11.8 Å². The largest absolute Gasteiger partial charge is 0.477 e. The summed E-state index contributed by atoms with van der Waals surface area (Å²) in [5.41, 5.74) is -0.0236. The van der Waals surface area contributed by atoms with Gasteiger partial charge in [0.2, 0.25) is 10.0 Å². The van der Waals surface area contributed by atoms with Crippen LogP contribution in [0.25, 0.3) is 0 Å². The summed E-state index contributed by atoms with van der Waals surface area (Å²) in [6.45, 7) is 3.95. The highest BCUT2D eigenvalue weighted by molar-refractivity contribution is 7.98. The van der Waals surface area contributed by atoms with Crippen LogP contribution in [0.3, 0.4) is 0 Å². The molecule has 0 saturated carbocycles. The molecule has 114 valence electrons. The van der Waals surface area contributed by atoms with Crippen molar-refractivity contribution in [2.75, 3.05) is 18.6 Å². The van der Waals surface area contributed by atoms with E-state index in [1.165, 1.54) is 16.8 Å². The topological polar surface area (TPSA) is 88.4 Å². The molecule has 1 rings (SSSR count). The number of thioether (sulfide) groups is 1. The molecule has 1 heterocycles. The highest BCUT2D eigenvalue weighted by Gasteiger charge is 2.21. The van der Waals surface area contributed by atoms with Crippen LogP contribution < -0.4 is 4.72 Å². The second kappa shape index (κ2) is 7.14. The summed E-state index contributed by atoms with van der Waals surface area (Å²) in [4.78, 5) is 11.1. The first-order chi connectivity index (χ1) is 9.29. The number of hydrogen-bond acceptors (Lipinski definition) is 4.